The third-order valence-electron chi connectivity index (χ3n) is 6.27. The smallest absolute Gasteiger partial charge is 0.261 e. The quantitative estimate of drug-likeness (QED) is 0.342. The lowest BCUT2D eigenvalue weighted by Gasteiger charge is -2.31. The van der Waals surface area contributed by atoms with Crippen LogP contribution < -0.4 is 10.1 Å². The molecule has 0 saturated heterocycles. The largest absolute Gasteiger partial charge is 0.483 e. The van der Waals surface area contributed by atoms with Crippen LogP contribution in [0.2, 0.25) is 0 Å². The van der Waals surface area contributed by atoms with E-state index in [4.69, 9.17) is 4.74 Å². The van der Waals surface area contributed by atoms with Crippen LogP contribution in [0.25, 0.3) is 0 Å². The van der Waals surface area contributed by atoms with Gasteiger partial charge in [0.15, 0.2) is 6.61 Å². The van der Waals surface area contributed by atoms with E-state index in [-0.39, 0.29) is 18.4 Å². The minimum Gasteiger partial charge on any atom is -0.483 e. The Morgan fingerprint density at radius 3 is 2.28 bits per heavy atom. The lowest BCUT2D eigenvalue weighted by molar-refractivity contribution is -0.142. The molecule has 36 heavy (non-hydrogen) atoms. The van der Waals surface area contributed by atoms with E-state index in [0.29, 0.717) is 25.3 Å². The Labute approximate surface area is 215 Å². The number of amides is 2. The highest BCUT2D eigenvalue weighted by molar-refractivity contribution is 5.88. The van der Waals surface area contributed by atoms with Gasteiger partial charge in [0.05, 0.1) is 0 Å². The topological polar surface area (TPSA) is 58.6 Å². The zero-order chi connectivity index (χ0) is 25.9. The van der Waals surface area contributed by atoms with Crippen LogP contribution in [0.4, 0.5) is 0 Å². The van der Waals surface area contributed by atoms with Gasteiger partial charge in [-0.05, 0) is 55.5 Å². The molecule has 0 aromatic heterocycles. The predicted octanol–water partition coefficient (Wildman–Crippen LogP) is 5.55. The average molecular weight is 487 g/mol. The third kappa shape index (κ3) is 7.98. The van der Waals surface area contributed by atoms with Crippen molar-refractivity contribution in [3.8, 4) is 5.75 Å². The summed E-state index contributed by atoms with van der Waals surface area (Å²) < 4.78 is 5.97. The summed E-state index contributed by atoms with van der Waals surface area (Å²) in [5.41, 5.74) is 5.16. The summed E-state index contributed by atoms with van der Waals surface area (Å²) in [4.78, 5) is 28.8. The van der Waals surface area contributed by atoms with Crippen molar-refractivity contribution in [2.24, 2.45) is 0 Å². The van der Waals surface area contributed by atoms with Crippen LogP contribution >= 0.6 is 0 Å². The standard InChI is InChI=1S/C31H38N2O3/c1-5-6-18-32-31(35)28(20-26-10-8-7-9-11-26)33(21-27-16-13-23(2)14-17-27)30(34)22-36-29-19-24(3)12-15-25(29)4/h7-17,19,28H,5-6,18,20-22H2,1-4H3,(H,32,35)/t28-/m0/s1. The molecule has 0 bridgehead atoms. The zero-order valence-electron chi connectivity index (χ0n) is 21.9. The maximum atomic E-state index is 13.7. The number of ether oxygens (including phenoxy) is 1. The molecule has 3 rings (SSSR count). The fourth-order valence-electron chi connectivity index (χ4n) is 4.04. The second-order valence-electron chi connectivity index (χ2n) is 9.41. The number of nitrogens with one attached hydrogen (secondary N) is 1. The Bertz CT molecular complexity index is 1130. The summed E-state index contributed by atoms with van der Waals surface area (Å²) in [6, 6.07) is 23.2. The molecule has 1 N–H and O–H groups in total. The van der Waals surface area contributed by atoms with Crippen LogP contribution in [0.3, 0.4) is 0 Å². The van der Waals surface area contributed by atoms with E-state index in [1.54, 1.807) is 4.90 Å². The molecule has 0 fully saturated rings. The summed E-state index contributed by atoms with van der Waals surface area (Å²) in [6.07, 6.45) is 2.31. The van der Waals surface area contributed by atoms with Crippen molar-refractivity contribution in [3.63, 3.8) is 0 Å². The van der Waals surface area contributed by atoms with Gasteiger partial charge in [-0.1, -0.05) is 85.6 Å². The van der Waals surface area contributed by atoms with Crippen molar-refractivity contribution in [2.75, 3.05) is 13.2 Å². The zero-order valence-corrected chi connectivity index (χ0v) is 21.9. The van der Waals surface area contributed by atoms with E-state index in [1.807, 2.05) is 93.6 Å². The highest BCUT2D eigenvalue weighted by Gasteiger charge is 2.30. The molecule has 0 aliphatic rings. The lowest BCUT2D eigenvalue weighted by Crippen LogP contribution is -2.51. The maximum Gasteiger partial charge on any atom is 0.261 e. The molecular formula is C31H38N2O3. The number of nitrogens with zero attached hydrogens (tertiary/aromatic N) is 1. The van der Waals surface area contributed by atoms with Crippen LogP contribution in [0, 0.1) is 20.8 Å². The van der Waals surface area contributed by atoms with Gasteiger partial charge in [-0.3, -0.25) is 9.59 Å². The summed E-state index contributed by atoms with van der Waals surface area (Å²) in [5, 5.41) is 3.05. The minimum atomic E-state index is -0.653. The van der Waals surface area contributed by atoms with Crippen molar-refractivity contribution in [2.45, 2.75) is 59.5 Å². The number of unbranched alkanes of at least 4 members (excludes halogenated alkanes) is 1. The Balaban J connectivity index is 1.89. The van der Waals surface area contributed by atoms with Gasteiger partial charge >= 0.3 is 0 Å². The van der Waals surface area contributed by atoms with Gasteiger partial charge in [-0.25, -0.2) is 0 Å². The van der Waals surface area contributed by atoms with Crippen molar-refractivity contribution < 1.29 is 14.3 Å². The van der Waals surface area contributed by atoms with E-state index >= 15 is 0 Å². The monoisotopic (exact) mass is 486 g/mol. The fourth-order valence-corrected chi connectivity index (χ4v) is 4.04. The van der Waals surface area contributed by atoms with Gasteiger partial charge in [0.25, 0.3) is 5.91 Å². The number of hydrogen-bond donors (Lipinski definition) is 1. The van der Waals surface area contributed by atoms with Gasteiger partial charge in [0.1, 0.15) is 11.8 Å². The Hall–Kier alpha value is -3.60. The summed E-state index contributed by atoms with van der Waals surface area (Å²) in [7, 11) is 0. The molecule has 190 valence electrons. The summed E-state index contributed by atoms with van der Waals surface area (Å²) in [5.74, 6) is 0.327. The second-order valence-corrected chi connectivity index (χ2v) is 9.41. The molecule has 0 aliphatic carbocycles. The second kappa shape index (κ2) is 13.5. The number of hydrogen-bond acceptors (Lipinski definition) is 3. The van der Waals surface area contributed by atoms with Crippen molar-refractivity contribution in [1.82, 2.24) is 10.2 Å². The minimum absolute atomic E-state index is 0.135. The predicted molar refractivity (Wildman–Crippen MR) is 145 cm³/mol. The van der Waals surface area contributed by atoms with Gasteiger partial charge in [-0.2, -0.15) is 0 Å². The summed E-state index contributed by atoms with van der Waals surface area (Å²) in [6.45, 7) is 8.86. The molecule has 0 spiro atoms. The highest BCUT2D eigenvalue weighted by atomic mass is 16.5. The van der Waals surface area contributed by atoms with E-state index in [0.717, 1.165) is 40.7 Å². The Morgan fingerprint density at radius 2 is 1.58 bits per heavy atom. The first-order valence-corrected chi connectivity index (χ1v) is 12.7. The average Bonchev–Trinajstić information content (AvgIpc) is 2.88. The summed E-state index contributed by atoms with van der Waals surface area (Å²) >= 11 is 0. The first kappa shape index (κ1) is 27.0. The third-order valence-corrected chi connectivity index (χ3v) is 6.27. The van der Waals surface area contributed by atoms with Crippen LogP contribution in [-0.4, -0.2) is 35.9 Å². The van der Waals surface area contributed by atoms with Crippen LogP contribution in [-0.2, 0) is 22.6 Å². The molecule has 2 amide bonds. The molecule has 3 aromatic rings. The molecular weight excluding hydrogens is 448 g/mol. The Morgan fingerprint density at radius 1 is 0.889 bits per heavy atom. The molecule has 0 heterocycles. The first-order valence-electron chi connectivity index (χ1n) is 12.7. The molecule has 0 saturated carbocycles. The molecule has 5 heteroatoms. The van der Waals surface area contributed by atoms with Crippen molar-refractivity contribution in [3.05, 3.63) is 101 Å². The number of aryl methyl sites for hydroxylation is 3. The molecule has 0 unspecified atom stereocenters. The highest BCUT2D eigenvalue weighted by Crippen LogP contribution is 2.20. The number of benzene rings is 3. The van der Waals surface area contributed by atoms with Gasteiger partial charge in [0, 0.05) is 19.5 Å². The van der Waals surface area contributed by atoms with E-state index < -0.39 is 6.04 Å². The molecule has 0 aliphatic heterocycles. The van der Waals surface area contributed by atoms with E-state index in [1.165, 1.54) is 0 Å². The SMILES string of the molecule is CCCCNC(=O)[C@H](Cc1ccccc1)N(Cc1ccc(C)cc1)C(=O)COc1cc(C)ccc1C. The van der Waals surface area contributed by atoms with Gasteiger partial charge < -0.3 is 15.0 Å². The fraction of sp³-hybridized carbons (Fsp3) is 0.355. The van der Waals surface area contributed by atoms with Crippen LogP contribution in [0.5, 0.6) is 5.75 Å². The van der Waals surface area contributed by atoms with E-state index in [9.17, 15) is 9.59 Å². The van der Waals surface area contributed by atoms with E-state index in [2.05, 4.69) is 12.2 Å². The lowest BCUT2D eigenvalue weighted by atomic mass is 10.0. The molecule has 5 nitrogen and oxygen atoms in total. The van der Waals surface area contributed by atoms with Crippen molar-refractivity contribution >= 4 is 11.8 Å². The van der Waals surface area contributed by atoms with Gasteiger partial charge in [-0.15, -0.1) is 0 Å². The number of rotatable bonds is 12. The van der Waals surface area contributed by atoms with Crippen LogP contribution in [0.15, 0.2) is 72.8 Å². The Kier molecular flexibility index (Phi) is 10.1. The van der Waals surface area contributed by atoms with Crippen molar-refractivity contribution in [1.29, 1.82) is 0 Å². The maximum absolute atomic E-state index is 13.7. The molecule has 1 atom stereocenters. The molecule has 0 radical (unpaired) electrons. The molecule has 3 aromatic carbocycles. The van der Waals surface area contributed by atoms with Crippen LogP contribution in [0.1, 0.15) is 47.6 Å². The first-order chi connectivity index (χ1) is 17.4. The van der Waals surface area contributed by atoms with Gasteiger partial charge in [0.2, 0.25) is 5.91 Å². The number of carbonyl (C=O) groups excluding carboxylic acids is 2. The number of carbonyl (C=O) groups is 2. The normalized spacial score (nSPS) is 11.6.